The third kappa shape index (κ3) is 5.90. The van der Waals surface area contributed by atoms with Crippen LogP contribution in [-0.4, -0.2) is 45.3 Å². The molecule has 0 saturated carbocycles. The Balaban J connectivity index is 1.34. The van der Waals surface area contributed by atoms with Gasteiger partial charge in [-0.15, -0.1) is 0 Å². The molecule has 1 saturated heterocycles. The van der Waals surface area contributed by atoms with Crippen molar-refractivity contribution in [2.24, 2.45) is 5.92 Å². The number of anilines is 1. The molecule has 1 fully saturated rings. The molecule has 1 aliphatic heterocycles. The van der Waals surface area contributed by atoms with Gasteiger partial charge in [0.05, 0.1) is 14.2 Å². The van der Waals surface area contributed by atoms with Crippen LogP contribution in [0.1, 0.15) is 24.8 Å². The summed E-state index contributed by atoms with van der Waals surface area (Å²) in [5.74, 6) is 2.37. The molecule has 27 heavy (non-hydrogen) atoms. The largest absolute Gasteiger partial charge is 0.493 e. The van der Waals surface area contributed by atoms with E-state index in [4.69, 9.17) is 9.47 Å². The lowest BCUT2D eigenvalue weighted by molar-refractivity contribution is 0.183. The third-order valence-electron chi connectivity index (χ3n) is 5.44. The number of nitrogens with one attached hydrogen (secondary N) is 1. The van der Waals surface area contributed by atoms with E-state index in [1.807, 2.05) is 18.2 Å². The number of nitrogens with zero attached hydrogens (tertiary/aromatic N) is 1. The molecule has 1 aliphatic rings. The van der Waals surface area contributed by atoms with Gasteiger partial charge in [-0.25, -0.2) is 0 Å². The van der Waals surface area contributed by atoms with Crippen molar-refractivity contribution < 1.29 is 9.47 Å². The maximum atomic E-state index is 5.36. The van der Waals surface area contributed by atoms with Crippen LogP contribution in [0.3, 0.4) is 0 Å². The minimum atomic E-state index is 0.765. The van der Waals surface area contributed by atoms with E-state index in [0.717, 1.165) is 36.1 Å². The van der Waals surface area contributed by atoms with Crippen molar-refractivity contribution in [3.05, 3.63) is 54.1 Å². The van der Waals surface area contributed by atoms with E-state index in [-0.39, 0.29) is 0 Å². The van der Waals surface area contributed by atoms with Crippen LogP contribution in [0.15, 0.2) is 48.5 Å². The number of likely N-dealkylation sites (tertiary alicyclic amines) is 1. The number of rotatable bonds is 9. The summed E-state index contributed by atoms with van der Waals surface area (Å²) in [4.78, 5) is 2.61. The molecule has 0 spiro atoms. The van der Waals surface area contributed by atoms with Crippen molar-refractivity contribution in [3.63, 3.8) is 0 Å². The highest BCUT2D eigenvalue weighted by Gasteiger charge is 2.18. The normalized spacial score (nSPS) is 15.5. The van der Waals surface area contributed by atoms with Crippen LogP contribution >= 0.6 is 0 Å². The quantitative estimate of drug-likeness (QED) is 0.663. The molecule has 2 aromatic rings. The first-order chi connectivity index (χ1) is 13.3. The maximum Gasteiger partial charge on any atom is 0.162 e. The predicted molar refractivity (Wildman–Crippen MR) is 112 cm³/mol. The predicted octanol–water partition coefficient (Wildman–Crippen LogP) is 4.46. The van der Waals surface area contributed by atoms with Crippen LogP contribution in [0.2, 0.25) is 0 Å². The fourth-order valence-electron chi connectivity index (χ4n) is 3.84. The first-order valence-corrected chi connectivity index (χ1v) is 10.0. The molecule has 0 atom stereocenters. The van der Waals surface area contributed by atoms with Crippen LogP contribution < -0.4 is 14.8 Å². The van der Waals surface area contributed by atoms with Crippen LogP contribution in [0.25, 0.3) is 0 Å². The Hall–Kier alpha value is -2.20. The van der Waals surface area contributed by atoms with E-state index in [0.29, 0.717) is 0 Å². The summed E-state index contributed by atoms with van der Waals surface area (Å²) >= 11 is 0. The van der Waals surface area contributed by atoms with E-state index < -0.39 is 0 Å². The van der Waals surface area contributed by atoms with Gasteiger partial charge in [-0.3, -0.25) is 0 Å². The molecular weight excluding hydrogens is 336 g/mol. The Morgan fingerprint density at radius 1 is 0.963 bits per heavy atom. The van der Waals surface area contributed by atoms with Crippen LogP contribution in [0.4, 0.5) is 5.69 Å². The smallest absolute Gasteiger partial charge is 0.162 e. The molecular formula is C23H32N2O2. The molecule has 4 nitrogen and oxygen atoms in total. The van der Waals surface area contributed by atoms with E-state index in [2.05, 4.69) is 40.5 Å². The fourth-order valence-corrected chi connectivity index (χ4v) is 3.84. The van der Waals surface area contributed by atoms with Crippen molar-refractivity contribution >= 4 is 5.69 Å². The summed E-state index contributed by atoms with van der Waals surface area (Å²) in [6, 6.07) is 16.9. The number of hydrogen-bond acceptors (Lipinski definition) is 4. The second-order valence-corrected chi connectivity index (χ2v) is 7.32. The zero-order valence-electron chi connectivity index (χ0n) is 16.6. The highest BCUT2D eigenvalue weighted by molar-refractivity contribution is 5.54. The lowest BCUT2D eigenvalue weighted by Gasteiger charge is -2.32. The average molecular weight is 369 g/mol. The van der Waals surface area contributed by atoms with Crippen LogP contribution in [0, 0.1) is 5.92 Å². The molecule has 0 amide bonds. The zero-order valence-corrected chi connectivity index (χ0v) is 16.6. The second-order valence-electron chi connectivity index (χ2n) is 7.32. The third-order valence-corrected chi connectivity index (χ3v) is 5.44. The van der Waals surface area contributed by atoms with Crippen LogP contribution in [0.5, 0.6) is 11.5 Å². The first kappa shape index (κ1) is 19.6. The van der Waals surface area contributed by atoms with Crippen molar-refractivity contribution in [1.29, 1.82) is 0 Å². The summed E-state index contributed by atoms with van der Waals surface area (Å²) in [7, 11) is 3.33. The van der Waals surface area contributed by atoms with Gasteiger partial charge in [-0.05, 0) is 68.9 Å². The van der Waals surface area contributed by atoms with E-state index >= 15 is 0 Å². The molecule has 4 heteroatoms. The molecule has 0 aliphatic carbocycles. The Bertz CT molecular complexity index is 682. The Morgan fingerprint density at radius 3 is 2.41 bits per heavy atom. The molecule has 146 valence electrons. The molecule has 0 bridgehead atoms. The van der Waals surface area contributed by atoms with Crippen molar-refractivity contribution in [2.45, 2.75) is 25.7 Å². The van der Waals surface area contributed by atoms with Gasteiger partial charge in [0.25, 0.3) is 0 Å². The minimum absolute atomic E-state index is 0.765. The van der Waals surface area contributed by atoms with Gasteiger partial charge in [0, 0.05) is 18.3 Å². The van der Waals surface area contributed by atoms with Crippen LogP contribution in [-0.2, 0) is 6.42 Å². The highest BCUT2D eigenvalue weighted by Crippen LogP contribution is 2.29. The lowest BCUT2D eigenvalue weighted by atomic mass is 9.90. The Labute approximate surface area is 163 Å². The van der Waals surface area contributed by atoms with E-state index in [1.54, 1.807) is 14.2 Å². The van der Waals surface area contributed by atoms with Gasteiger partial charge in [-0.1, -0.05) is 30.3 Å². The fraction of sp³-hybridized carbons (Fsp3) is 0.478. The number of benzene rings is 2. The number of hydrogen-bond donors (Lipinski definition) is 1. The summed E-state index contributed by atoms with van der Waals surface area (Å²) in [5, 5.41) is 3.49. The topological polar surface area (TPSA) is 33.7 Å². The van der Waals surface area contributed by atoms with Crippen molar-refractivity contribution in [1.82, 2.24) is 4.90 Å². The van der Waals surface area contributed by atoms with Crippen molar-refractivity contribution in [3.8, 4) is 11.5 Å². The van der Waals surface area contributed by atoms with E-state index in [1.165, 1.54) is 44.5 Å². The Kier molecular flexibility index (Phi) is 7.40. The van der Waals surface area contributed by atoms with Crippen molar-refractivity contribution in [2.75, 3.05) is 45.7 Å². The van der Waals surface area contributed by atoms with Gasteiger partial charge in [0.2, 0.25) is 0 Å². The first-order valence-electron chi connectivity index (χ1n) is 10.0. The zero-order chi connectivity index (χ0) is 18.9. The molecule has 0 radical (unpaired) electrons. The maximum absolute atomic E-state index is 5.36. The number of piperidine rings is 1. The molecule has 0 unspecified atom stereocenters. The minimum Gasteiger partial charge on any atom is -0.493 e. The molecule has 3 rings (SSSR count). The summed E-state index contributed by atoms with van der Waals surface area (Å²) in [5.41, 5.74) is 2.56. The Morgan fingerprint density at radius 2 is 1.70 bits per heavy atom. The highest BCUT2D eigenvalue weighted by atomic mass is 16.5. The standard InChI is InChI=1S/C23H32N2O2/c1-26-22-10-9-21(18-23(22)27-2)24-13-6-14-25-15-11-20(12-16-25)17-19-7-4-3-5-8-19/h3-5,7-10,18,20,24H,6,11-17H2,1-2H3. The summed E-state index contributed by atoms with van der Waals surface area (Å²) in [6.45, 7) is 4.60. The van der Waals surface area contributed by atoms with Gasteiger partial charge in [0.1, 0.15) is 0 Å². The lowest BCUT2D eigenvalue weighted by Crippen LogP contribution is -2.35. The second kappa shape index (κ2) is 10.2. The van der Waals surface area contributed by atoms with E-state index in [9.17, 15) is 0 Å². The molecule has 2 aromatic carbocycles. The SMILES string of the molecule is COc1ccc(NCCCN2CCC(Cc3ccccc3)CC2)cc1OC. The van der Waals surface area contributed by atoms with Gasteiger partial charge in [-0.2, -0.15) is 0 Å². The molecule has 0 aromatic heterocycles. The van der Waals surface area contributed by atoms with Gasteiger partial charge < -0.3 is 19.7 Å². The summed E-state index contributed by atoms with van der Waals surface area (Å²) in [6.07, 6.45) is 5.02. The monoisotopic (exact) mass is 368 g/mol. The van der Waals surface area contributed by atoms with Gasteiger partial charge in [0.15, 0.2) is 11.5 Å². The summed E-state index contributed by atoms with van der Waals surface area (Å²) < 4.78 is 10.6. The average Bonchev–Trinajstić information content (AvgIpc) is 2.73. The van der Waals surface area contributed by atoms with Gasteiger partial charge >= 0.3 is 0 Å². The molecule has 1 N–H and O–H groups in total. The molecule has 1 heterocycles. The number of methoxy groups -OCH3 is 2. The number of ether oxygens (including phenoxy) is 2.